The lowest BCUT2D eigenvalue weighted by atomic mass is 9.99. The molecule has 1 heterocycles. The minimum atomic E-state index is -1.08. The maximum absolute atomic E-state index is 13.3. The molecule has 138 valence electrons. The molecule has 3 aromatic carbocycles. The van der Waals surface area contributed by atoms with Crippen LogP contribution >= 0.6 is 11.6 Å². The predicted molar refractivity (Wildman–Crippen MR) is 109 cm³/mol. The molecule has 1 aromatic heterocycles. The molecule has 5 heteroatoms. The van der Waals surface area contributed by atoms with Crippen molar-refractivity contribution >= 4 is 34.3 Å². The van der Waals surface area contributed by atoms with E-state index in [4.69, 9.17) is 16.3 Å². The number of Topliss-reactive ketones (excluding diaryl/α,β-unsaturated/α-hetero) is 1. The lowest BCUT2D eigenvalue weighted by molar-refractivity contribution is 0.0281. The van der Waals surface area contributed by atoms with Gasteiger partial charge in [-0.3, -0.25) is 4.79 Å². The van der Waals surface area contributed by atoms with E-state index in [2.05, 4.69) is 4.98 Å². The van der Waals surface area contributed by atoms with Gasteiger partial charge in [-0.1, -0.05) is 72.3 Å². The Kier molecular flexibility index (Phi) is 4.96. The number of ether oxygens (including phenoxy) is 1. The van der Waals surface area contributed by atoms with Gasteiger partial charge >= 0.3 is 5.97 Å². The summed E-state index contributed by atoms with van der Waals surface area (Å²) in [7, 11) is 0. The lowest BCUT2D eigenvalue weighted by Crippen LogP contribution is -2.20. The summed E-state index contributed by atoms with van der Waals surface area (Å²) in [4.78, 5) is 29.1. The third kappa shape index (κ3) is 3.42. The van der Waals surface area contributed by atoms with Gasteiger partial charge in [0.25, 0.3) is 0 Å². The maximum Gasteiger partial charge on any atom is 0.340 e. The van der Waals surface area contributed by atoms with Crippen LogP contribution in [0.1, 0.15) is 32.4 Å². The average Bonchev–Trinajstić information content (AvgIpc) is 3.16. The van der Waals surface area contributed by atoms with Crippen molar-refractivity contribution in [1.82, 2.24) is 4.98 Å². The van der Waals surface area contributed by atoms with Gasteiger partial charge in [0.1, 0.15) is 0 Å². The topological polar surface area (TPSA) is 59.2 Å². The van der Waals surface area contributed by atoms with E-state index in [1.54, 1.807) is 54.7 Å². The molecule has 0 aliphatic heterocycles. The Bertz CT molecular complexity index is 1150. The van der Waals surface area contributed by atoms with Crippen LogP contribution < -0.4 is 0 Å². The number of aromatic amines is 1. The number of carbonyl (C=O) groups is 2. The molecule has 0 saturated carbocycles. The van der Waals surface area contributed by atoms with E-state index >= 15 is 0 Å². The van der Waals surface area contributed by atoms with Crippen LogP contribution in [-0.4, -0.2) is 16.7 Å². The molecule has 4 rings (SSSR count). The fourth-order valence-electron chi connectivity index (χ4n) is 3.11. The van der Waals surface area contributed by atoms with Crippen LogP contribution in [0.4, 0.5) is 0 Å². The third-order valence-corrected chi connectivity index (χ3v) is 4.84. The number of esters is 1. The van der Waals surface area contributed by atoms with E-state index in [0.29, 0.717) is 11.1 Å². The van der Waals surface area contributed by atoms with Gasteiger partial charge in [0.05, 0.1) is 10.6 Å². The molecular formula is C23H16ClNO3. The van der Waals surface area contributed by atoms with Gasteiger partial charge < -0.3 is 9.72 Å². The Balaban J connectivity index is 1.73. The summed E-state index contributed by atoms with van der Waals surface area (Å²) in [5, 5.41) is 1.06. The fraction of sp³-hybridized carbons (Fsp3) is 0.0435. The molecule has 0 unspecified atom stereocenters. The standard InChI is InChI=1S/C23H16ClNO3/c24-19-12-6-4-11-17(19)23(27)28-22(15-8-2-1-3-9-15)21(26)18-14-25-20-13-7-5-10-16(18)20/h1-14,22,25H/t22-/m1/s1. The zero-order valence-electron chi connectivity index (χ0n) is 14.8. The first-order chi connectivity index (χ1) is 13.6. The first-order valence-corrected chi connectivity index (χ1v) is 9.14. The molecule has 1 N–H and O–H groups in total. The van der Waals surface area contributed by atoms with Crippen LogP contribution in [0.2, 0.25) is 5.02 Å². The highest BCUT2D eigenvalue weighted by Crippen LogP contribution is 2.29. The predicted octanol–water partition coefficient (Wildman–Crippen LogP) is 5.60. The second kappa shape index (κ2) is 7.71. The van der Waals surface area contributed by atoms with Gasteiger partial charge in [0.2, 0.25) is 5.78 Å². The molecule has 4 nitrogen and oxygen atoms in total. The van der Waals surface area contributed by atoms with E-state index < -0.39 is 12.1 Å². The van der Waals surface area contributed by atoms with E-state index in [1.807, 2.05) is 30.3 Å². The smallest absolute Gasteiger partial charge is 0.340 e. The molecule has 0 aliphatic rings. The van der Waals surface area contributed by atoms with Gasteiger partial charge in [-0.05, 0) is 18.2 Å². The Hall–Kier alpha value is -3.37. The summed E-state index contributed by atoms with van der Waals surface area (Å²) >= 11 is 6.12. The minimum absolute atomic E-state index is 0.219. The number of H-pyrrole nitrogens is 1. The fourth-order valence-corrected chi connectivity index (χ4v) is 3.33. The molecule has 0 aliphatic carbocycles. The molecule has 0 amide bonds. The Morgan fingerprint density at radius 3 is 2.29 bits per heavy atom. The molecule has 0 bridgehead atoms. The van der Waals surface area contributed by atoms with Crippen molar-refractivity contribution in [2.75, 3.05) is 0 Å². The minimum Gasteiger partial charge on any atom is -0.445 e. The summed E-state index contributed by atoms with van der Waals surface area (Å²) in [6.07, 6.45) is 0.566. The van der Waals surface area contributed by atoms with Crippen molar-refractivity contribution in [2.45, 2.75) is 6.10 Å². The largest absolute Gasteiger partial charge is 0.445 e. The number of hydrogen-bond donors (Lipinski definition) is 1. The molecule has 0 radical (unpaired) electrons. The summed E-state index contributed by atoms with van der Waals surface area (Å²) in [6, 6.07) is 23.1. The Morgan fingerprint density at radius 2 is 1.50 bits per heavy atom. The van der Waals surface area contributed by atoms with E-state index in [-0.39, 0.29) is 16.4 Å². The summed E-state index contributed by atoms with van der Waals surface area (Å²) < 4.78 is 5.65. The van der Waals surface area contributed by atoms with Gasteiger partial charge in [-0.2, -0.15) is 0 Å². The van der Waals surface area contributed by atoms with Crippen molar-refractivity contribution in [1.29, 1.82) is 0 Å². The SMILES string of the molecule is O=C(O[C@@H](C(=O)c1c[nH]c2ccccc12)c1ccccc1)c1ccccc1Cl. The molecule has 1 atom stereocenters. The van der Waals surface area contributed by atoms with Gasteiger partial charge in [0.15, 0.2) is 6.10 Å². The second-order valence-electron chi connectivity index (χ2n) is 6.29. The van der Waals surface area contributed by atoms with E-state index in [9.17, 15) is 9.59 Å². The van der Waals surface area contributed by atoms with Crippen molar-refractivity contribution < 1.29 is 14.3 Å². The van der Waals surface area contributed by atoms with Crippen molar-refractivity contribution in [2.24, 2.45) is 0 Å². The van der Waals surface area contributed by atoms with Crippen LogP contribution in [-0.2, 0) is 4.74 Å². The number of halogens is 1. The van der Waals surface area contributed by atoms with Crippen molar-refractivity contribution in [3.63, 3.8) is 0 Å². The van der Waals surface area contributed by atoms with Crippen molar-refractivity contribution in [3.05, 3.63) is 107 Å². The number of fused-ring (bicyclic) bond motifs is 1. The Morgan fingerprint density at radius 1 is 0.821 bits per heavy atom. The highest BCUT2D eigenvalue weighted by Gasteiger charge is 2.29. The number of nitrogens with one attached hydrogen (secondary N) is 1. The molecular weight excluding hydrogens is 374 g/mol. The van der Waals surface area contributed by atoms with Crippen LogP contribution in [0, 0.1) is 0 Å². The molecule has 0 fully saturated rings. The molecule has 0 spiro atoms. The second-order valence-corrected chi connectivity index (χ2v) is 6.70. The number of rotatable bonds is 5. The first kappa shape index (κ1) is 18.0. The normalized spacial score (nSPS) is 11.9. The van der Waals surface area contributed by atoms with Crippen molar-refractivity contribution in [3.8, 4) is 0 Å². The molecule has 28 heavy (non-hydrogen) atoms. The number of hydrogen-bond acceptors (Lipinski definition) is 3. The number of carbonyl (C=O) groups excluding carboxylic acids is 2. The zero-order chi connectivity index (χ0) is 19.5. The van der Waals surface area contributed by atoms with Crippen LogP contribution in [0.5, 0.6) is 0 Å². The quantitative estimate of drug-likeness (QED) is 0.357. The van der Waals surface area contributed by atoms with Crippen LogP contribution in [0.15, 0.2) is 85.1 Å². The third-order valence-electron chi connectivity index (χ3n) is 4.51. The van der Waals surface area contributed by atoms with E-state index in [0.717, 1.165) is 10.9 Å². The number of para-hydroxylation sites is 1. The van der Waals surface area contributed by atoms with Crippen LogP contribution in [0.3, 0.4) is 0 Å². The number of aromatic nitrogens is 1. The monoisotopic (exact) mass is 389 g/mol. The van der Waals surface area contributed by atoms with Gasteiger partial charge in [-0.25, -0.2) is 4.79 Å². The van der Waals surface area contributed by atoms with E-state index in [1.165, 1.54) is 0 Å². The van der Waals surface area contributed by atoms with Gasteiger partial charge in [0, 0.05) is 28.2 Å². The first-order valence-electron chi connectivity index (χ1n) is 8.76. The lowest BCUT2D eigenvalue weighted by Gasteiger charge is -2.17. The highest BCUT2D eigenvalue weighted by molar-refractivity contribution is 6.33. The highest BCUT2D eigenvalue weighted by atomic mass is 35.5. The summed E-state index contributed by atoms with van der Waals surface area (Å²) in [6.45, 7) is 0. The average molecular weight is 390 g/mol. The number of ketones is 1. The molecule has 4 aromatic rings. The summed E-state index contributed by atoms with van der Waals surface area (Å²) in [5.41, 5.74) is 2.13. The maximum atomic E-state index is 13.3. The number of benzene rings is 3. The zero-order valence-corrected chi connectivity index (χ0v) is 15.5. The summed E-state index contributed by atoms with van der Waals surface area (Å²) in [5.74, 6) is -0.948. The van der Waals surface area contributed by atoms with Gasteiger partial charge in [-0.15, -0.1) is 0 Å². The molecule has 0 saturated heterocycles. The Labute approximate surface area is 166 Å². The van der Waals surface area contributed by atoms with Crippen LogP contribution in [0.25, 0.3) is 10.9 Å².